The monoisotopic (exact) mass is 333 g/mol. The van der Waals surface area contributed by atoms with Crippen LogP contribution in [0.3, 0.4) is 0 Å². The van der Waals surface area contributed by atoms with E-state index in [0.29, 0.717) is 0 Å². The van der Waals surface area contributed by atoms with E-state index in [1.54, 1.807) is 20.8 Å². The number of hydrogen-bond donors (Lipinski definition) is 0. The maximum absolute atomic E-state index is 12.0. The quantitative estimate of drug-likeness (QED) is 0.534. The van der Waals surface area contributed by atoms with Gasteiger partial charge in [0.1, 0.15) is 5.60 Å². The second-order valence-electron chi connectivity index (χ2n) is 5.71. The Labute approximate surface area is 119 Å². The Morgan fingerprint density at radius 1 is 1.32 bits per heavy atom. The molecular weight excluding hydrogens is 318 g/mol. The van der Waals surface area contributed by atoms with Crippen LogP contribution < -0.4 is 0 Å². The summed E-state index contributed by atoms with van der Waals surface area (Å²) in [5.41, 5.74) is -0.688. The number of likely N-dealkylation sites (tertiary alicyclic amines) is 1. The second kappa shape index (κ2) is 4.47. The van der Waals surface area contributed by atoms with Crippen LogP contribution in [0.4, 0.5) is 4.79 Å². The minimum atomic E-state index is -0.708. The van der Waals surface area contributed by atoms with Crippen molar-refractivity contribution >= 4 is 33.9 Å². The Kier molecular flexibility index (Phi) is 3.36. The third-order valence-electron chi connectivity index (χ3n) is 3.21. The molecule has 7 heteroatoms. The van der Waals surface area contributed by atoms with Crippen LogP contribution in [-0.4, -0.2) is 46.4 Å². The summed E-state index contributed by atoms with van der Waals surface area (Å²) in [6.07, 6.45) is -0.708. The fourth-order valence-electron chi connectivity index (χ4n) is 2.41. The standard InChI is InChI=1S/C12H16BrNO5/c1-12(2,3)19-11(17)14-8-5(7(13)9(14)15)6(8)10(16)18-4/h5-8H,1-4H3/t5-,6-,7+,8-/m1/s1. The number of alkyl halides is 1. The molecule has 0 radical (unpaired) electrons. The molecule has 2 fully saturated rings. The van der Waals surface area contributed by atoms with Crippen molar-refractivity contribution in [2.75, 3.05) is 7.11 Å². The lowest BCUT2D eigenvalue weighted by Crippen LogP contribution is -2.43. The number of esters is 1. The Bertz CT molecular complexity index is 444. The first-order valence-corrected chi connectivity index (χ1v) is 6.88. The van der Waals surface area contributed by atoms with E-state index in [4.69, 9.17) is 4.74 Å². The molecule has 0 aromatic carbocycles. The van der Waals surface area contributed by atoms with Gasteiger partial charge in [0.2, 0.25) is 5.91 Å². The van der Waals surface area contributed by atoms with Crippen molar-refractivity contribution in [3.63, 3.8) is 0 Å². The number of fused-ring (bicyclic) bond motifs is 1. The molecule has 4 atom stereocenters. The van der Waals surface area contributed by atoms with Gasteiger partial charge in [0.25, 0.3) is 0 Å². The van der Waals surface area contributed by atoms with Crippen molar-refractivity contribution in [3.8, 4) is 0 Å². The molecule has 0 aromatic heterocycles. The SMILES string of the molecule is COC(=O)[C@@H]1[C@H]2[C@H]1N(C(=O)OC(C)(C)C)C(=O)[C@H]2Br. The van der Waals surface area contributed by atoms with E-state index in [2.05, 4.69) is 20.7 Å². The van der Waals surface area contributed by atoms with Crippen molar-refractivity contribution in [1.82, 2.24) is 4.90 Å². The van der Waals surface area contributed by atoms with Crippen molar-refractivity contribution in [2.45, 2.75) is 37.2 Å². The molecule has 0 spiro atoms. The van der Waals surface area contributed by atoms with E-state index in [9.17, 15) is 14.4 Å². The third-order valence-corrected chi connectivity index (χ3v) is 4.21. The average Bonchev–Trinajstić information content (AvgIpc) is 2.93. The zero-order valence-electron chi connectivity index (χ0n) is 11.2. The Balaban J connectivity index is 2.15. The normalized spacial score (nSPS) is 32.9. The molecule has 19 heavy (non-hydrogen) atoms. The molecule has 0 aromatic rings. The summed E-state index contributed by atoms with van der Waals surface area (Å²) in [6, 6.07) is -0.445. The van der Waals surface area contributed by atoms with Gasteiger partial charge in [0, 0.05) is 5.92 Å². The highest BCUT2D eigenvalue weighted by molar-refractivity contribution is 9.10. The number of imide groups is 1. The van der Waals surface area contributed by atoms with E-state index >= 15 is 0 Å². The van der Waals surface area contributed by atoms with Gasteiger partial charge in [-0.05, 0) is 20.8 Å². The molecule has 1 aliphatic heterocycles. The number of carbonyl (C=O) groups excluding carboxylic acids is 3. The van der Waals surface area contributed by atoms with E-state index < -0.39 is 34.5 Å². The molecular formula is C12H16BrNO5. The fourth-order valence-corrected chi connectivity index (χ4v) is 3.27. The maximum atomic E-state index is 12.0. The zero-order valence-corrected chi connectivity index (χ0v) is 12.8. The minimum Gasteiger partial charge on any atom is -0.469 e. The lowest BCUT2D eigenvalue weighted by Gasteiger charge is -2.25. The summed E-state index contributed by atoms with van der Waals surface area (Å²) in [5.74, 6) is -1.42. The summed E-state index contributed by atoms with van der Waals surface area (Å²) in [6.45, 7) is 5.16. The van der Waals surface area contributed by atoms with Crippen molar-refractivity contribution < 1.29 is 23.9 Å². The summed E-state index contributed by atoms with van der Waals surface area (Å²) in [4.78, 5) is 36.0. The third kappa shape index (κ3) is 2.35. The highest BCUT2D eigenvalue weighted by Crippen LogP contribution is 2.54. The highest BCUT2D eigenvalue weighted by Gasteiger charge is 2.71. The summed E-state index contributed by atoms with van der Waals surface area (Å²) >= 11 is 3.23. The first kappa shape index (κ1) is 14.3. The molecule has 0 N–H and O–H groups in total. The summed E-state index contributed by atoms with van der Waals surface area (Å²) < 4.78 is 9.87. The van der Waals surface area contributed by atoms with Crippen LogP contribution in [0, 0.1) is 11.8 Å². The van der Waals surface area contributed by atoms with Gasteiger partial charge in [-0.15, -0.1) is 0 Å². The smallest absolute Gasteiger partial charge is 0.417 e. The van der Waals surface area contributed by atoms with Gasteiger partial charge in [-0.3, -0.25) is 9.59 Å². The van der Waals surface area contributed by atoms with Gasteiger partial charge in [-0.25, -0.2) is 9.69 Å². The largest absolute Gasteiger partial charge is 0.469 e. The lowest BCUT2D eigenvalue weighted by atomic mass is 10.2. The Morgan fingerprint density at radius 3 is 2.37 bits per heavy atom. The number of piperidine rings is 1. The number of nitrogens with zero attached hydrogens (tertiary/aromatic N) is 1. The molecule has 2 rings (SSSR count). The molecule has 1 saturated heterocycles. The van der Waals surface area contributed by atoms with Crippen molar-refractivity contribution in [3.05, 3.63) is 0 Å². The van der Waals surface area contributed by atoms with Crippen LogP contribution in [-0.2, 0) is 19.1 Å². The van der Waals surface area contributed by atoms with E-state index in [-0.39, 0.29) is 11.8 Å². The minimum absolute atomic E-state index is 0.215. The van der Waals surface area contributed by atoms with E-state index in [0.717, 1.165) is 4.90 Å². The van der Waals surface area contributed by atoms with E-state index in [1.165, 1.54) is 7.11 Å². The first-order chi connectivity index (χ1) is 8.69. The van der Waals surface area contributed by atoms with E-state index in [1.807, 2.05) is 0 Å². The van der Waals surface area contributed by atoms with Gasteiger partial charge in [0.05, 0.1) is 23.9 Å². The molecule has 6 nitrogen and oxygen atoms in total. The molecule has 2 amide bonds. The number of hydrogen-bond acceptors (Lipinski definition) is 5. The van der Waals surface area contributed by atoms with Crippen LogP contribution in [0.15, 0.2) is 0 Å². The molecule has 1 heterocycles. The number of rotatable bonds is 1. The van der Waals surface area contributed by atoms with Crippen LogP contribution in [0.25, 0.3) is 0 Å². The summed E-state index contributed by atoms with van der Waals surface area (Å²) in [5, 5.41) is 0. The first-order valence-electron chi connectivity index (χ1n) is 5.97. The number of carbonyl (C=O) groups is 3. The molecule has 0 unspecified atom stereocenters. The Morgan fingerprint density at radius 2 is 1.89 bits per heavy atom. The van der Waals surface area contributed by atoms with Crippen LogP contribution in [0.1, 0.15) is 20.8 Å². The second-order valence-corrected chi connectivity index (χ2v) is 6.69. The van der Waals surface area contributed by atoms with Crippen molar-refractivity contribution in [2.24, 2.45) is 11.8 Å². The van der Waals surface area contributed by atoms with Gasteiger partial charge < -0.3 is 9.47 Å². The van der Waals surface area contributed by atoms with Gasteiger partial charge in [-0.2, -0.15) is 0 Å². The van der Waals surface area contributed by atoms with Gasteiger partial charge in [0.15, 0.2) is 0 Å². The highest BCUT2D eigenvalue weighted by atomic mass is 79.9. The predicted molar refractivity (Wildman–Crippen MR) is 68.6 cm³/mol. The zero-order chi connectivity index (χ0) is 14.5. The number of ether oxygens (including phenoxy) is 2. The number of methoxy groups -OCH3 is 1. The lowest BCUT2D eigenvalue weighted by molar-refractivity contribution is -0.143. The predicted octanol–water partition coefficient (Wildman–Crippen LogP) is 1.31. The molecule has 2 aliphatic rings. The Hall–Kier alpha value is -1.11. The van der Waals surface area contributed by atoms with Crippen LogP contribution >= 0.6 is 15.9 Å². The van der Waals surface area contributed by atoms with Gasteiger partial charge >= 0.3 is 12.1 Å². The number of halogens is 1. The van der Waals surface area contributed by atoms with Gasteiger partial charge in [-0.1, -0.05) is 15.9 Å². The molecule has 1 aliphatic carbocycles. The fraction of sp³-hybridized carbons (Fsp3) is 0.750. The topological polar surface area (TPSA) is 72.9 Å². The molecule has 1 saturated carbocycles. The van der Waals surface area contributed by atoms with Crippen LogP contribution in [0.2, 0.25) is 0 Å². The average molecular weight is 334 g/mol. The molecule has 106 valence electrons. The maximum Gasteiger partial charge on any atom is 0.417 e. The summed E-state index contributed by atoms with van der Waals surface area (Å²) in [7, 11) is 1.29. The van der Waals surface area contributed by atoms with Crippen LogP contribution in [0.5, 0.6) is 0 Å². The molecule has 0 bridgehead atoms. The van der Waals surface area contributed by atoms with Crippen molar-refractivity contribution in [1.29, 1.82) is 0 Å². The number of amides is 2.